The van der Waals surface area contributed by atoms with Crippen LogP contribution in [0.1, 0.15) is 15.9 Å². The van der Waals surface area contributed by atoms with Gasteiger partial charge >= 0.3 is 5.97 Å². The normalized spacial score (nSPS) is 10.4. The molecule has 2 rings (SSSR count). The lowest BCUT2D eigenvalue weighted by Gasteiger charge is -2.09. The van der Waals surface area contributed by atoms with E-state index in [0.29, 0.717) is 10.0 Å². The highest BCUT2D eigenvalue weighted by atomic mass is 79.9. The summed E-state index contributed by atoms with van der Waals surface area (Å²) in [4.78, 5) is 11.8. The molecule has 0 saturated carbocycles. The standard InChI is InChI=1S/C14H9BrF2O3/c15-9-4-5-12(8(6-9)7-18)20-14(19)13-10(16)2-1-3-11(13)17/h1-6,18H,7H2. The van der Waals surface area contributed by atoms with Crippen LogP contribution in [0.25, 0.3) is 0 Å². The first-order valence-corrected chi connectivity index (χ1v) is 6.37. The van der Waals surface area contributed by atoms with Gasteiger partial charge < -0.3 is 9.84 Å². The number of benzene rings is 2. The highest BCUT2D eigenvalue weighted by molar-refractivity contribution is 9.10. The van der Waals surface area contributed by atoms with Gasteiger partial charge in [-0.1, -0.05) is 22.0 Å². The molecule has 0 bridgehead atoms. The zero-order valence-electron chi connectivity index (χ0n) is 10.1. The number of rotatable bonds is 3. The summed E-state index contributed by atoms with van der Waals surface area (Å²) in [5.74, 6) is -3.11. The van der Waals surface area contributed by atoms with Gasteiger partial charge in [0.05, 0.1) is 6.61 Å². The fourth-order valence-electron chi connectivity index (χ4n) is 1.61. The van der Waals surface area contributed by atoms with E-state index in [9.17, 15) is 18.7 Å². The lowest BCUT2D eigenvalue weighted by Crippen LogP contribution is -2.14. The summed E-state index contributed by atoms with van der Waals surface area (Å²) in [7, 11) is 0. The van der Waals surface area contributed by atoms with E-state index in [1.54, 1.807) is 12.1 Å². The molecule has 0 aliphatic rings. The maximum absolute atomic E-state index is 13.5. The quantitative estimate of drug-likeness (QED) is 0.686. The predicted octanol–water partition coefficient (Wildman–Crippen LogP) is 3.44. The van der Waals surface area contributed by atoms with Gasteiger partial charge in [0.1, 0.15) is 22.9 Å². The van der Waals surface area contributed by atoms with E-state index >= 15 is 0 Å². The number of hydrogen-bond acceptors (Lipinski definition) is 3. The second-order valence-corrected chi connectivity index (χ2v) is 4.81. The zero-order chi connectivity index (χ0) is 14.7. The van der Waals surface area contributed by atoms with Crippen LogP contribution in [-0.4, -0.2) is 11.1 Å². The Kier molecular flexibility index (Phi) is 4.46. The van der Waals surface area contributed by atoms with Crippen LogP contribution >= 0.6 is 15.9 Å². The third kappa shape index (κ3) is 3.02. The van der Waals surface area contributed by atoms with Crippen molar-refractivity contribution >= 4 is 21.9 Å². The fourth-order valence-corrected chi connectivity index (χ4v) is 2.02. The first-order valence-electron chi connectivity index (χ1n) is 5.58. The lowest BCUT2D eigenvalue weighted by atomic mass is 10.2. The average Bonchev–Trinajstić information content (AvgIpc) is 2.40. The molecule has 0 heterocycles. The van der Waals surface area contributed by atoms with Crippen molar-refractivity contribution in [3.05, 3.63) is 63.6 Å². The first kappa shape index (κ1) is 14.6. The number of halogens is 3. The summed E-state index contributed by atoms with van der Waals surface area (Å²) in [6.45, 7) is -0.373. The molecule has 0 amide bonds. The van der Waals surface area contributed by atoms with E-state index in [-0.39, 0.29) is 12.4 Å². The van der Waals surface area contributed by atoms with Crippen molar-refractivity contribution in [2.75, 3.05) is 0 Å². The first-order chi connectivity index (χ1) is 9.52. The lowest BCUT2D eigenvalue weighted by molar-refractivity contribution is 0.0721. The van der Waals surface area contributed by atoms with Crippen LogP contribution < -0.4 is 4.74 Å². The molecule has 20 heavy (non-hydrogen) atoms. The summed E-state index contributed by atoms with van der Waals surface area (Å²) >= 11 is 3.20. The Labute approximate surface area is 121 Å². The van der Waals surface area contributed by atoms with Crippen molar-refractivity contribution < 1.29 is 23.4 Å². The molecule has 3 nitrogen and oxygen atoms in total. The van der Waals surface area contributed by atoms with Gasteiger partial charge in [0, 0.05) is 10.0 Å². The maximum Gasteiger partial charge on any atom is 0.349 e. The molecule has 0 aliphatic carbocycles. The Hall–Kier alpha value is -1.79. The molecule has 104 valence electrons. The second-order valence-electron chi connectivity index (χ2n) is 3.90. The van der Waals surface area contributed by atoms with Crippen LogP contribution in [0.5, 0.6) is 5.75 Å². The molecule has 0 saturated heterocycles. The molecular formula is C14H9BrF2O3. The van der Waals surface area contributed by atoms with Crippen LogP contribution in [0.4, 0.5) is 8.78 Å². The van der Waals surface area contributed by atoms with E-state index in [1.807, 2.05) is 0 Å². The van der Waals surface area contributed by atoms with Gasteiger partial charge in [0.2, 0.25) is 0 Å². The van der Waals surface area contributed by atoms with Crippen molar-refractivity contribution in [1.82, 2.24) is 0 Å². The largest absolute Gasteiger partial charge is 0.422 e. The van der Waals surface area contributed by atoms with Crippen LogP contribution in [0.3, 0.4) is 0 Å². The predicted molar refractivity (Wildman–Crippen MR) is 71.4 cm³/mol. The molecule has 0 unspecified atom stereocenters. The van der Waals surface area contributed by atoms with E-state index < -0.39 is 23.2 Å². The smallest absolute Gasteiger partial charge is 0.349 e. The highest BCUT2D eigenvalue weighted by Gasteiger charge is 2.20. The molecule has 0 atom stereocenters. The number of ether oxygens (including phenoxy) is 1. The van der Waals surface area contributed by atoms with E-state index in [1.165, 1.54) is 6.07 Å². The van der Waals surface area contributed by atoms with Crippen LogP contribution in [0, 0.1) is 11.6 Å². The number of aliphatic hydroxyl groups excluding tert-OH is 1. The molecule has 1 N–H and O–H groups in total. The van der Waals surface area contributed by atoms with Crippen LogP contribution in [0.2, 0.25) is 0 Å². The molecule has 0 spiro atoms. The van der Waals surface area contributed by atoms with Gasteiger partial charge in [-0.2, -0.15) is 0 Å². The Bertz CT molecular complexity index is 639. The fraction of sp³-hybridized carbons (Fsp3) is 0.0714. The number of aliphatic hydroxyl groups is 1. The van der Waals surface area contributed by atoms with Gasteiger partial charge in [0.15, 0.2) is 0 Å². The number of carbonyl (C=O) groups is 1. The molecule has 0 aromatic heterocycles. The molecule has 6 heteroatoms. The molecule has 2 aromatic carbocycles. The van der Waals surface area contributed by atoms with Gasteiger partial charge in [-0.25, -0.2) is 13.6 Å². The molecule has 0 aliphatic heterocycles. The van der Waals surface area contributed by atoms with E-state index in [4.69, 9.17) is 4.74 Å². The van der Waals surface area contributed by atoms with E-state index in [2.05, 4.69) is 15.9 Å². The third-order valence-electron chi connectivity index (χ3n) is 2.56. The van der Waals surface area contributed by atoms with Gasteiger partial charge in [0.25, 0.3) is 0 Å². The van der Waals surface area contributed by atoms with Crippen LogP contribution in [-0.2, 0) is 6.61 Å². The summed E-state index contributed by atoms with van der Waals surface area (Å²) in [5, 5.41) is 9.18. The summed E-state index contributed by atoms with van der Waals surface area (Å²) in [6, 6.07) is 7.63. The minimum absolute atomic E-state index is 0.0448. The SMILES string of the molecule is O=C(Oc1ccc(Br)cc1CO)c1c(F)cccc1F. The van der Waals surface area contributed by atoms with Crippen molar-refractivity contribution in [2.24, 2.45) is 0 Å². The summed E-state index contributed by atoms with van der Waals surface area (Å²) < 4.78 is 32.5. The second kappa shape index (κ2) is 6.11. The number of hydrogen-bond donors (Lipinski definition) is 1. The Morgan fingerprint density at radius 1 is 1.20 bits per heavy atom. The van der Waals surface area contributed by atoms with Crippen molar-refractivity contribution in [3.63, 3.8) is 0 Å². The number of carbonyl (C=O) groups excluding carboxylic acids is 1. The molecule has 0 fully saturated rings. The third-order valence-corrected chi connectivity index (χ3v) is 3.06. The zero-order valence-corrected chi connectivity index (χ0v) is 11.7. The molecular weight excluding hydrogens is 334 g/mol. The van der Waals surface area contributed by atoms with Crippen LogP contribution in [0.15, 0.2) is 40.9 Å². The monoisotopic (exact) mass is 342 g/mol. The van der Waals surface area contributed by atoms with Gasteiger partial charge in [-0.05, 0) is 30.3 Å². The van der Waals surface area contributed by atoms with Gasteiger partial charge in [-0.3, -0.25) is 0 Å². The minimum Gasteiger partial charge on any atom is -0.422 e. The molecule has 2 aromatic rings. The Morgan fingerprint density at radius 3 is 2.45 bits per heavy atom. The summed E-state index contributed by atoms with van der Waals surface area (Å²) in [6.07, 6.45) is 0. The number of esters is 1. The maximum atomic E-state index is 13.5. The minimum atomic E-state index is -1.15. The Morgan fingerprint density at radius 2 is 1.85 bits per heavy atom. The topological polar surface area (TPSA) is 46.5 Å². The van der Waals surface area contributed by atoms with Crippen molar-refractivity contribution in [1.29, 1.82) is 0 Å². The van der Waals surface area contributed by atoms with Crippen molar-refractivity contribution in [2.45, 2.75) is 6.61 Å². The highest BCUT2D eigenvalue weighted by Crippen LogP contribution is 2.25. The Balaban J connectivity index is 2.33. The average molecular weight is 343 g/mol. The van der Waals surface area contributed by atoms with E-state index in [0.717, 1.165) is 18.2 Å². The summed E-state index contributed by atoms with van der Waals surface area (Å²) in [5.41, 5.74) is -0.441. The van der Waals surface area contributed by atoms with Crippen molar-refractivity contribution in [3.8, 4) is 5.75 Å². The molecule has 0 radical (unpaired) electrons. The van der Waals surface area contributed by atoms with Gasteiger partial charge in [-0.15, -0.1) is 0 Å².